The Balaban J connectivity index is 1.40. The molecule has 0 radical (unpaired) electrons. The number of rotatable bonds is 3. The minimum Gasteiger partial charge on any atom is -0.465 e. The van der Waals surface area contributed by atoms with Crippen molar-refractivity contribution in [2.75, 3.05) is 12.4 Å². The van der Waals surface area contributed by atoms with Crippen molar-refractivity contribution in [1.29, 1.82) is 0 Å². The molecule has 0 saturated heterocycles. The topological polar surface area (TPSA) is 80.3 Å². The van der Waals surface area contributed by atoms with Crippen LogP contribution in [0.1, 0.15) is 31.2 Å². The summed E-state index contributed by atoms with van der Waals surface area (Å²) in [7, 11) is 1.31. The molecule has 0 aliphatic heterocycles. The van der Waals surface area contributed by atoms with Gasteiger partial charge in [0.05, 0.1) is 18.4 Å². The monoisotopic (exact) mass is 409 g/mol. The normalized spacial score (nSPS) is 11.3. The second-order valence-corrected chi connectivity index (χ2v) is 7.59. The van der Waals surface area contributed by atoms with Gasteiger partial charge in [-0.2, -0.15) is 0 Å². The lowest BCUT2D eigenvalue weighted by molar-refractivity contribution is 0.0600. The van der Waals surface area contributed by atoms with E-state index < -0.39 is 5.97 Å². The van der Waals surface area contributed by atoms with E-state index in [2.05, 4.69) is 32.5 Å². The lowest BCUT2D eigenvalue weighted by Crippen LogP contribution is -2.34. The number of nitrogens with one attached hydrogen (secondary N) is 2. The first kappa shape index (κ1) is 18.3. The number of methoxy groups -OCH3 is 1. The van der Waals surface area contributed by atoms with E-state index >= 15 is 0 Å². The molecule has 6 nitrogen and oxygen atoms in total. The number of thiocarbonyl (C=S) groups is 1. The maximum absolute atomic E-state index is 12.3. The zero-order valence-corrected chi connectivity index (χ0v) is 16.4. The van der Waals surface area contributed by atoms with Crippen LogP contribution in [0.2, 0.25) is 0 Å². The summed E-state index contributed by atoms with van der Waals surface area (Å²) in [5.74, 6) is -0.828. The van der Waals surface area contributed by atoms with Crippen LogP contribution < -0.4 is 10.6 Å². The number of aromatic nitrogens is 1. The largest absolute Gasteiger partial charge is 0.465 e. The average Bonchev–Trinajstić information content (AvgIpc) is 3.24. The van der Waals surface area contributed by atoms with Crippen LogP contribution in [0, 0.1) is 0 Å². The molecular weight excluding hydrogens is 394 g/mol. The average molecular weight is 409 g/mol. The third-order valence-corrected chi connectivity index (χ3v) is 5.51. The van der Waals surface area contributed by atoms with E-state index in [1.165, 1.54) is 41.0 Å². The molecule has 0 fully saturated rings. The van der Waals surface area contributed by atoms with E-state index in [9.17, 15) is 9.59 Å². The number of hydrogen-bond acceptors (Lipinski definition) is 6. The number of hydrogen-bond donors (Lipinski definition) is 2. The molecule has 2 N–H and O–H groups in total. The Morgan fingerprint density at radius 2 is 1.82 bits per heavy atom. The highest BCUT2D eigenvalue weighted by molar-refractivity contribution is 7.80. The molecule has 1 aliphatic carbocycles. The molecular formula is C20H15N3O3S2. The third kappa shape index (κ3) is 3.51. The van der Waals surface area contributed by atoms with Crippen molar-refractivity contribution in [2.45, 2.75) is 6.42 Å². The molecule has 0 bridgehead atoms. The molecule has 1 aliphatic rings. The fourth-order valence-corrected chi connectivity index (χ4v) is 4.25. The highest BCUT2D eigenvalue weighted by Crippen LogP contribution is 2.40. The molecule has 4 rings (SSSR count). The van der Waals surface area contributed by atoms with Crippen molar-refractivity contribution >= 4 is 45.7 Å². The van der Waals surface area contributed by atoms with Gasteiger partial charge >= 0.3 is 5.97 Å². The minimum atomic E-state index is -0.456. The van der Waals surface area contributed by atoms with Crippen LogP contribution in [0.15, 0.2) is 48.5 Å². The summed E-state index contributed by atoms with van der Waals surface area (Å²) >= 11 is 6.76. The SMILES string of the molecule is COC(=O)c1ccc(C(=O)NC(=S)Nc2nc3c(s2)Cc2ccccc2-3)cc1. The number of carbonyl (C=O) groups excluding carboxylic acids is 2. The molecule has 140 valence electrons. The van der Waals surface area contributed by atoms with Crippen molar-refractivity contribution in [3.63, 3.8) is 0 Å². The van der Waals surface area contributed by atoms with Gasteiger partial charge in [0.25, 0.3) is 5.91 Å². The van der Waals surface area contributed by atoms with Crippen LogP contribution in [0.4, 0.5) is 5.13 Å². The van der Waals surface area contributed by atoms with Gasteiger partial charge in [0.15, 0.2) is 10.2 Å². The van der Waals surface area contributed by atoms with Crippen LogP contribution >= 0.6 is 23.6 Å². The van der Waals surface area contributed by atoms with Gasteiger partial charge in [0.2, 0.25) is 0 Å². The van der Waals surface area contributed by atoms with E-state index in [-0.39, 0.29) is 11.0 Å². The summed E-state index contributed by atoms with van der Waals surface area (Å²) in [6, 6.07) is 14.3. The molecule has 1 amide bonds. The van der Waals surface area contributed by atoms with Crippen molar-refractivity contribution < 1.29 is 14.3 Å². The maximum atomic E-state index is 12.3. The molecule has 2 aromatic carbocycles. The Morgan fingerprint density at radius 1 is 1.11 bits per heavy atom. The van der Waals surface area contributed by atoms with Crippen LogP contribution in [-0.2, 0) is 11.2 Å². The molecule has 0 spiro atoms. The summed E-state index contributed by atoms with van der Waals surface area (Å²) in [4.78, 5) is 29.6. The summed E-state index contributed by atoms with van der Waals surface area (Å²) < 4.78 is 4.64. The molecule has 8 heteroatoms. The lowest BCUT2D eigenvalue weighted by atomic mass is 10.1. The van der Waals surface area contributed by atoms with Crippen LogP contribution in [-0.4, -0.2) is 29.1 Å². The van der Waals surface area contributed by atoms with Gasteiger partial charge in [-0.1, -0.05) is 24.3 Å². The predicted octanol–water partition coefficient (Wildman–Crippen LogP) is 3.63. The predicted molar refractivity (Wildman–Crippen MR) is 112 cm³/mol. The van der Waals surface area contributed by atoms with Gasteiger partial charge in [0, 0.05) is 22.4 Å². The van der Waals surface area contributed by atoms with Gasteiger partial charge in [0.1, 0.15) is 0 Å². The van der Waals surface area contributed by atoms with Gasteiger partial charge in [-0.15, -0.1) is 11.3 Å². The number of carbonyl (C=O) groups is 2. The van der Waals surface area contributed by atoms with Crippen LogP contribution in [0.25, 0.3) is 11.3 Å². The highest BCUT2D eigenvalue weighted by atomic mass is 32.1. The van der Waals surface area contributed by atoms with Gasteiger partial charge in [-0.25, -0.2) is 9.78 Å². The van der Waals surface area contributed by atoms with E-state index in [4.69, 9.17) is 12.2 Å². The Labute approximate surface area is 170 Å². The fourth-order valence-electron chi connectivity index (χ4n) is 2.99. The molecule has 1 aromatic heterocycles. The van der Waals surface area contributed by atoms with Crippen molar-refractivity contribution in [3.05, 3.63) is 70.1 Å². The maximum Gasteiger partial charge on any atom is 0.337 e. The first-order chi connectivity index (χ1) is 13.5. The van der Waals surface area contributed by atoms with Crippen molar-refractivity contribution in [1.82, 2.24) is 10.3 Å². The first-order valence-electron chi connectivity index (χ1n) is 8.44. The third-order valence-electron chi connectivity index (χ3n) is 4.34. The molecule has 0 saturated carbocycles. The fraction of sp³-hybridized carbons (Fsp3) is 0.100. The summed E-state index contributed by atoms with van der Waals surface area (Å²) in [6.45, 7) is 0. The number of esters is 1. The van der Waals surface area contributed by atoms with E-state index in [1.54, 1.807) is 12.1 Å². The van der Waals surface area contributed by atoms with Gasteiger partial charge in [-0.05, 0) is 42.0 Å². The summed E-state index contributed by atoms with van der Waals surface area (Å²) in [5.41, 5.74) is 4.14. The van der Waals surface area contributed by atoms with Crippen molar-refractivity contribution in [2.24, 2.45) is 0 Å². The first-order valence-corrected chi connectivity index (χ1v) is 9.66. The quantitative estimate of drug-likeness (QED) is 0.397. The summed E-state index contributed by atoms with van der Waals surface area (Å²) in [5, 5.41) is 6.41. The zero-order valence-electron chi connectivity index (χ0n) is 14.8. The highest BCUT2D eigenvalue weighted by Gasteiger charge is 2.23. The smallest absolute Gasteiger partial charge is 0.337 e. The molecule has 28 heavy (non-hydrogen) atoms. The van der Waals surface area contributed by atoms with Crippen molar-refractivity contribution in [3.8, 4) is 11.3 Å². The lowest BCUT2D eigenvalue weighted by Gasteiger charge is -2.08. The Hall–Kier alpha value is -3.10. The van der Waals surface area contributed by atoms with Crippen LogP contribution in [0.5, 0.6) is 0 Å². The summed E-state index contributed by atoms with van der Waals surface area (Å²) in [6.07, 6.45) is 0.858. The minimum absolute atomic E-state index is 0.169. The number of anilines is 1. The number of fused-ring (bicyclic) bond motifs is 3. The number of amides is 1. The van der Waals surface area contributed by atoms with Gasteiger partial charge in [-0.3, -0.25) is 10.1 Å². The number of benzene rings is 2. The Bertz CT molecular complexity index is 1090. The van der Waals surface area contributed by atoms with E-state index in [1.807, 2.05) is 12.1 Å². The van der Waals surface area contributed by atoms with E-state index in [0.717, 1.165) is 17.7 Å². The number of thiazole rings is 1. The molecule has 0 atom stereocenters. The Morgan fingerprint density at radius 3 is 2.57 bits per heavy atom. The number of ether oxygens (including phenoxy) is 1. The standard InChI is InChI=1S/C20H15N3O3S2/c1-26-18(25)12-8-6-11(7-9-12)17(24)22-19(27)23-20-21-16-14-5-3-2-4-13(14)10-15(16)28-20/h2-9H,10H2,1H3,(H2,21,22,23,24,27). The second kappa shape index (κ2) is 7.49. The molecule has 1 heterocycles. The molecule has 3 aromatic rings. The zero-order chi connectivity index (χ0) is 19.7. The van der Waals surface area contributed by atoms with Gasteiger partial charge < -0.3 is 10.1 Å². The molecule has 0 unspecified atom stereocenters. The van der Waals surface area contributed by atoms with E-state index in [0.29, 0.717) is 16.3 Å². The Kier molecular flexibility index (Phi) is 4.89. The number of nitrogens with zero attached hydrogens (tertiary/aromatic N) is 1. The second-order valence-electron chi connectivity index (χ2n) is 6.10. The van der Waals surface area contributed by atoms with Crippen LogP contribution in [0.3, 0.4) is 0 Å².